The number of fused-ring (bicyclic) bond motifs is 2. The monoisotopic (exact) mass is 337 g/mol. The maximum absolute atomic E-state index is 5.32. The first-order chi connectivity index (χ1) is 9.71. The third-order valence-corrected chi connectivity index (χ3v) is 5.97. The largest absolute Gasteiger partial charge is 0.496 e. The molecule has 1 aromatic rings. The smallest absolute Gasteiger partial charge is 0.133 e. The molecule has 2 aliphatic carbocycles. The van der Waals surface area contributed by atoms with Gasteiger partial charge < -0.3 is 10.1 Å². The van der Waals surface area contributed by atoms with E-state index in [2.05, 4.69) is 46.5 Å². The maximum atomic E-state index is 5.32. The minimum absolute atomic E-state index is 0.460. The number of hydrogen-bond donors (Lipinski definition) is 1. The first-order valence-electron chi connectivity index (χ1n) is 7.72. The van der Waals surface area contributed by atoms with Crippen molar-refractivity contribution < 1.29 is 4.74 Å². The molecule has 0 saturated heterocycles. The van der Waals surface area contributed by atoms with Crippen molar-refractivity contribution in [3.8, 4) is 5.75 Å². The van der Waals surface area contributed by atoms with Gasteiger partial charge in [0, 0.05) is 6.04 Å². The van der Waals surface area contributed by atoms with Crippen LogP contribution in [0, 0.1) is 17.8 Å². The highest BCUT2D eigenvalue weighted by molar-refractivity contribution is 9.10. The zero-order valence-corrected chi connectivity index (χ0v) is 13.9. The van der Waals surface area contributed by atoms with Crippen LogP contribution in [0.25, 0.3) is 0 Å². The second-order valence-corrected chi connectivity index (χ2v) is 7.26. The van der Waals surface area contributed by atoms with Crippen LogP contribution in [0.1, 0.15) is 43.7 Å². The lowest BCUT2D eigenvalue weighted by Gasteiger charge is -2.27. The molecule has 0 amide bonds. The first-order valence-corrected chi connectivity index (χ1v) is 8.51. The van der Waals surface area contributed by atoms with Crippen molar-refractivity contribution in [2.45, 2.75) is 38.1 Å². The van der Waals surface area contributed by atoms with E-state index in [1.165, 1.54) is 37.7 Å². The van der Waals surface area contributed by atoms with Crippen molar-refractivity contribution in [3.05, 3.63) is 28.2 Å². The van der Waals surface area contributed by atoms with Gasteiger partial charge in [0.2, 0.25) is 0 Å². The van der Waals surface area contributed by atoms with Crippen LogP contribution in [-0.2, 0) is 0 Å². The maximum Gasteiger partial charge on any atom is 0.133 e. The summed E-state index contributed by atoms with van der Waals surface area (Å²) < 4.78 is 6.37. The Balaban J connectivity index is 1.71. The number of rotatable bonds is 5. The van der Waals surface area contributed by atoms with Crippen molar-refractivity contribution in [2.75, 3.05) is 14.2 Å². The summed E-state index contributed by atoms with van der Waals surface area (Å²) in [4.78, 5) is 0. The Kier molecular flexibility index (Phi) is 4.37. The van der Waals surface area contributed by atoms with Crippen molar-refractivity contribution in [2.24, 2.45) is 17.8 Å². The highest BCUT2D eigenvalue weighted by atomic mass is 79.9. The van der Waals surface area contributed by atoms with Crippen LogP contribution in [0.2, 0.25) is 0 Å². The lowest BCUT2D eigenvalue weighted by molar-refractivity contribution is 0.284. The number of ether oxygens (including phenoxy) is 1. The summed E-state index contributed by atoms with van der Waals surface area (Å²) >= 11 is 3.60. The number of methoxy groups -OCH3 is 1. The molecule has 2 fully saturated rings. The number of nitrogens with one attached hydrogen (secondary N) is 1. The minimum atomic E-state index is 0.460. The van der Waals surface area contributed by atoms with Crippen LogP contribution in [0.4, 0.5) is 0 Å². The zero-order valence-electron chi connectivity index (χ0n) is 12.4. The molecule has 2 nitrogen and oxygen atoms in total. The van der Waals surface area contributed by atoms with Gasteiger partial charge in [-0.1, -0.05) is 12.5 Å². The fourth-order valence-corrected chi connectivity index (χ4v) is 4.85. The van der Waals surface area contributed by atoms with E-state index in [9.17, 15) is 0 Å². The second-order valence-electron chi connectivity index (χ2n) is 6.41. The highest BCUT2D eigenvalue weighted by Crippen LogP contribution is 2.51. The normalized spacial score (nSPS) is 29.6. The Bertz CT molecular complexity index is 476. The molecule has 4 atom stereocenters. The molecule has 0 radical (unpaired) electrons. The molecular weight excluding hydrogens is 314 g/mol. The average molecular weight is 338 g/mol. The van der Waals surface area contributed by atoms with Crippen LogP contribution >= 0.6 is 15.9 Å². The lowest BCUT2D eigenvalue weighted by atomic mass is 9.83. The molecule has 2 aliphatic rings. The third kappa shape index (κ3) is 2.75. The van der Waals surface area contributed by atoms with Gasteiger partial charge in [0.05, 0.1) is 11.6 Å². The molecule has 0 aromatic heterocycles. The van der Waals surface area contributed by atoms with Crippen molar-refractivity contribution in [1.29, 1.82) is 0 Å². The van der Waals surface area contributed by atoms with Crippen LogP contribution in [0.15, 0.2) is 22.7 Å². The van der Waals surface area contributed by atoms with E-state index in [0.29, 0.717) is 6.04 Å². The van der Waals surface area contributed by atoms with E-state index in [1.807, 2.05) is 0 Å². The SMILES string of the molecule is CNC(CC1CC2CCC1C2)c1ccc(OC)c(Br)c1. The Morgan fingerprint density at radius 3 is 2.75 bits per heavy atom. The topological polar surface area (TPSA) is 21.3 Å². The summed E-state index contributed by atoms with van der Waals surface area (Å²) in [5.41, 5.74) is 1.36. The number of benzene rings is 1. The molecule has 0 aliphatic heterocycles. The van der Waals surface area contributed by atoms with Gasteiger partial charge in [-0.3, -0.25) is 0 Å². The predicted octanol–water partition coefficient (Wildman–Crippen LogP) is 4.54. The molecule has 1 aromatic carbocycles. The average Bonchev–Trinajstić information content (AvgIpc) is 3.07. The van der Waals surface area contributed by atoms with Crippen molar-refractivity contribution in [3.63, 3.8) is 0 Å². The molecule has 1 N–H and O–H groups in total. The van der Waals surface area contributed by atoms with Crippen molar-refractivity contribution >= 4 is 15.9 Å². The molecule has 3 heteroatoms. The number of halogens is 1. The van der Waals surface area contributed by atoms with Gasteiger partial charge in [-0.2, -0.15) is 0 Å². The number of hydrogen-bond acceptors (Lipinski definition) is 2. The molecule has 3 rings (SSSR count). The van der Waals surface area contributed by atoms with Crippen LogP contribution in [0.5, 0.6) is 5.75 Å². The van der Waals surface area contributed by atoms with E-state index in [0.717, 1.165) is 28.0 Å². The van der Waals surface area contributed by atoms with Crippen LogP contribution in [0.3, 0.4) is 0 Å². The summed E-state index contributed by atoms with van der Waals surface area (Å²) in [6.07, 6.45) is 7.18. The van der Waals surface area contributed by atoms with Crippen LogP contribution < -0.4 is 10.1 Å². The Morgan fingerprint density at radius 2 is 2.20 bits per heavy atom. The van der Waals surface area contributed by atoms with Gasteiger partial charge in [0.25, 0.3) is 0 Å². The lowest BCUT2D eigenvalue weighted by Crippen LogP contribution is -2.22. The van der Waals surface area contributed by atoms with E-state index in [-0.39, 0.29) is 0 Å². The van der Waals surface area contributed by atoms with Gasteiger partial charge in [-0.05, 0) is 84.1 Å². The van der Waals surface area contributed by atoms with E-state index in [1.54, 1.807) is 7.11 Å². The summed E-state index contributed by atoms with van der Waals surface area (Å²) in [5, 5.41) is 3.51. The van der Waals surface area contributed by atoms with Gasteiger partial charge in [0.15, 0.2) is 0 Å². The second kappa shape index (κ2) is 6.07. The molecular formula is C17H24BrNO. The fourth-order valence-electron chi connectivity index (χ4n) is 4.29. The van der Waals surface area contributed by atoms with E-state index >= 15 is 0 Å². The standard InChI is InChI=1S/C17H24BrNO/c1-19-16(10-14-8-11-3-4-12(14)7-11)13-5-6-17(20-2)15(18)9-13/h5-6,9,11-12,14,16,19H,3-4,7-8,10H2,1-2H3. The predicted molar refractivity (Wildman–Crippen MR) is 86.0 cm³/mol. The van der Waals surface area contributed by atoms with Gasteiger partial charge >= 0.3 is 0 Å². The van der Waals surface area contributed by atoms with Gasteiger partial charge in [-0.15, -0.1) is 0 Å². The zero-order chi connectivity index (χ0) is 14.1. The van der Waals surface area contributed by atoms with Crippen LogP contribution in [-0.4, -0.2) is 14.2 Å². The summed E-state index contributed by atoms with van der Waals surface area (Å²) in [6, 6.07) is 6.91. The first kappa shape index (κ1) is 14.4. The Hall–Kier alpha value is -0.540. The molecule has 4 unspecified atom stereocenters. The fraction of sp³-hybridized carbons (Fsp3) is 0.647. The summed E-state index contributed by atoms with van der Waals surface area (Å²) in [5.74, 6) is 3.86. The molecule has 110 valence electrons. The van der Waals surface area contributed by atoms with E-state index in [4.69, 9.17) is 4.74 Å². The Labute approximate surface area is 130 Å². The van der Waals surface area contributed by atoms with E-state index < -0.39 is 0 Å². The Morgan fingerprint density at radius 1 is 1.35 bits per heavy atom. The summed E-state index contributed by atoms with van der Waals surface area (Å²) in [6.45, 7) is 0. The minimum Gasteiger partial charge on any atom is -0.496 e. The van der Waals surface area contributed by atoms with Crippen molar-refractivity contribution in [1.82, 2.24) is 5.32 Å². The third-order valence-electron chi connectivity index (χ3n) is 5.35. The quantitative estimate of drug-likeness (QED) is 0.851. The van der Waals surface area contributed by atoms with Gasteiger partial charge in [0.1, 0.15) is 5.75 Å². The highest BCUT2D eigenvalue weighted by Gasteiger charge is 2.40. The van der Waals surface area contributed by atoms with Gasteiger partial charge in [-0.25, -0.2) is 0 Å². The molecule has 20 heavy (non-hydrogen) atoms. The molecule has 0 heterocycles. The molecule has 2 saturated carbocycles. The molecule has 2 bridgehead atoms. The molecule has 0 spiro atoms. The summed E-state index contributed by atoms with van der Waals surface area (Å²) in [7, 11) is 3.79.